The summed E-state index contributed by atoms with van der Waals surface area (Å²) in [7, 11) is 0. The van der Waals surface area contributed by atoms with Crippen LogP contribution in [-0.4, -0.2) is 20.9 Å². The number of pyridine rings is 1. The molecule has 0 atom stereocenters. The number of hydrogen-bond donors (Lipinski definition) is 2. The van der Waals surface area contributed by atoms with Crippen molar-refractivity contribution in [1.82, 2.24) is 15.0 Å². The summed E-state index contributed by atoms with van der Waals surface area (Å²) in [6.45, 7) is 0. The van der Waals surface area contributed by atoms with E-state index in [1.165, 1.54) is 24.1 Å². The minimum Gasteiger partial charge on any atom is -0.359 e. The first kappa shape index (κ1) is 18.3. The predicted octanol–water partition coefficient (Wildman–Crippen LogP) is 5.57. The Morgan fingerprint density at radius 2 is 1.87 bits per heavy atom. The molecule has 0 bridgehead atoms. The molecule has 4 aromatic rings. The summed E-state index contributed by atoms with van der Waals surface area (Å²) in [4.78, 5) is 25.1. The number of thiazole rings is 1. The number of rotatable bonds is 3. The first-order chi connectivity index (χ1) is 15.2. The first-order valence-electron chi connectivity index (χ1n) is 10.5. The van der Waals surface area contributed by atoms with E-state index in [4.69, 9.17) is 4.98 Å². The number of benzene rings is 1. The predicted molar refractivity (Wildman–Crippen MR) is 125 cm³/mol. The quantitative estimate of drug-likeness (QED) is 0.422. The minimum absolute atomic E-state index is 0.0597. The molecular formula is C25H20N4OS. The highest BCUT2D eigenvalue weighted by atomic mass is 32.1. The van der Waals surface area contributed by atoms with Crippen LogP contribution in [0, 0.1) is 0 Å². The normalized spacial score (nSPS) is 16.3. The number of nitrogens with one attached hydrogen (secondary N) is 2. The Morgan fingerprint density at radius 3 is 2.74 bits per heavy atom. The van der Waals surface area contributed by atoms with Crippen LogP contribution in [0.5, 0.6) is 0 Å². The number of aryl methyl sites for hydroxylation is 2. The van der Waals surface area contributed by atoms with E-state index in [2.05, 4.69) is 32.8 Å². The third kappa shape index (κ3) is 3.29. The van der Waals surface area contributed by atoms with Crippen molar-refractivity contribution in [3.05, 3.63) is 76.7 Å². The largest absolute Gasteiger partial charge is 0.359 e. The second-order valence-electron chi connectivity index (χ2n) is 7.98. The van der Waals surface area contributed by atoms with E-state index in [1.54, 1.807) is 23.7 Å². The molecule has 1 aliphatic carbocycles. The van der Waals surface area contributed by atoms with Gasteiger partial charge in [-0.05, 0) is 67.7 Å². The molecule has 31 heavy (non-hydrogen) atoms. The number of nitrogens with zero attached hydrogens (tertiary/aromatic N) is 2. The van der Waals surface area contributed by atoms with Gasteiger partial charge in [0.1, 0.15) is 5.01 Å². The van der Waals surface area contributed by atoms with Crippen molar-refractivity contribution in [1.29, 1.82) is 0 Å². The fraction of sp³-hybridized carbons (Fsp3) is 0.160. The Bertz CT molecular complexity index is 1310. The van der Waals surface area contributed by atoms with Crippen LogP contribution in [0.25, 0.3) is 33.5 Å². The average molecular weight is 425 g/mol. The third-order valence-electron chi connectivity index (χ3n) is 5.97. The zero-order chi connectivity index (χ0) is 20.8. The van der Waals surface area contributed by atoms with Crippen molar-refractivity contribution in [2.75, 3.05) is 5.32 Å². The van der Waals surface area contributed by atoms with Crippen molar-refractivity contribution in [2.45, 2.75) is 25.7 Å². The number of fused-ring (bicyclic) bond motifs is 2. The molecule has 1 amide bonds. The number of carbonyl (C=O) groups is 1. The number of amides is 1. The van der Waals surface area contributed by atoms with Gasteiger partial charge in [0, 0.05) is 51.5 Å². The van der Waals surface area contributed by atoms with E-state index in [-0.39, 0.29) is 5.91 Å². The second-order valence-corrected chi connectivity index (χ2v) is 8.84. The zero-order valence-electron chi connectivity index (χ0n) is 16.8. The highest BCUT2D eigenvalue weighted by molar-refractivity contribution is 7.13. The van der Waals surface area contributed by atoms with E-state index >= 15 is 0 Å². The molecule has 152 valence electrons. The zero-order valence-corrected chi connectivity index (χ0v) is 17.6. The average Bonchev–Trinajstić information content (AvgIpc) is 3.52. The molecule has 1 aromatic carbocycles. The molecule has 1 aliphatic heterocycles. The molecule has 0 unspecified atom stereocenters. The smallest absolute Gasteiger partial charge is 0.256 e. The molecule has 3 aromatic heterocycles. The lowest BCUT2D eigenvalue weighted by Gasteiger charge is -2.08. The van der Waals surface area contributed by atoms with Crippen molar-refractivity contribution >= 4 is 34.6 Å². The van der Waals surface area contributed by atoms with E-state index in [9.17, 15) is 4.79 Å². The van der Waals surface area contributed by atoms with Gasteiger partial charge in [-0.25, -0.2) is 4.98 Å². The van der Waals surface area contributed by atoms with Gasteiger partial charge < -0.3 is 10.3 Å². The Kier molecular flexibility index (Phi) is 4.32. The standard InChI is InChI=1S/C25H20N4OS/c30-24-20(13-18-11-16-3-1-2-4-21(16)27-18)19-12-17(5-6-22(19)28-24)23-14-31-25(29-23)15-7-9-26-10-8-15/h5-14,27H,1-4H2,(H,28,30). The Hall–Kier alpha value is -3.51. The van der Waals surface area contributed by atoms with Gasteiger partial charge in [0.25, 0.3) is 5.91 Å². The maximum Gasteiger partial charge on any atom is 0.256 e. The van der Waals surface area contributed by atoms with Gasteiger partial charge in [0.15, 0.2) is 0 Å². The first-order valence-corrected chi connectivity index (χ1v) is 11.4. The molecule has 0 saturated carbocycles. The highest BCUT2D eigenvalue weighted by Gasteiger charge is 2.25. The van der Waals surface area contributed by atoms with Crippen molar-refractivity contribution in [3.63, 3.8) is 0 Å². The van der Waals surface area contributed by atoms with Gasteiger partial charge in [-0.1, -0.05) is 6.07 Å². The number of H-pyrrole nitrogens is 1. The van der Waals surface area contributed by atoms with E-state index in [1.807, 2.05) is 30.3 Å². The molecule has 6 heteroatoms. The van der Waals surface area contributed by atoms with Crippen LogP contribution in [0.3, 0.4) is 0 Å². The van der Waals surface area contributed by atoms with Crippen molar-refractivity contribution < 1.29 is 4.79 Å². The summed E-state index contributed by atoms with van der Waals surface area (Å²) in [6.07, 6.45) is 10.2. The summed E-state index contributed by atoms with van der Waals surface area (Å²) in [5.74, 6) is -0.0597. The van der Waals surface area contributed by atoms with Crippen LogP contribution in [0.15, 0.2) is 54.2 Å². The Morgan fingerprint density at radius 1 is 1.00 bits per heavy atom. The molecule has 2 aliphatic rings. The van der Waals surface area contributed by atoms with Gasteiger partial charge in [0.05, 0.1) is 11.3 Å². The van der Waals surface area contributed by atoms with Crippen molar-refractivity contribution in [2.24, 2.45) is 0 Å². The molecule has 6 rings (SSSR count). The molecule has 2 N–H and O–H groups in total. The lowest BCUT2D eigenvalue weighted by molar-refractivity contribution is -0.110. The molecule has 0 radical (unpaired) electrons. The van der Waals surface area contributed by atoms with E-state index < -0.39 is 0 Å². The second kappa shape index (κ2) is 7.32. The molecular weight excluding hydrogens is 404 g/mol. The number of aromatic amines is 1. The summed E-state index contributed by atoms with van der Waals surface area (Å²) in [5.41, 5.74) is 9.14. The van der Waals surface area contributed by atoms with Crippen LogP contribution < -0.4 is 5.32 Å². The summed E-state index contributed by atoms with van der Waals surface area (Å²) < 4.78 is 0. The van der Waals surface area contributed by atoms with Gasteiger partial charge in [-0.15, -0.1) is 11.3 Å². The van der Waals surface area contributed by atoms with Gasteiger partial charge in [-0.3, -0.25) is 9.78 Å². The number of aromatic nitrogens is 3. The van der Waals surface area contributed by atoms with Gasteiger partial charge in [-0.2, -0.15) is 0 Å². The Labute approximate surface area is 183 Å². The fourth-order valence-electron chi connectivity index (χ4n) is 4.39. The lowest BCUT2D eigenvalue weighted by Crippen LogP contribution is -2.03. The maximum absolute atomic E-state index is 12.7. The van der Waals surface area contributed by atoms with E-state index in [0.717, 1.165) is 51.6 Å². The SMILES string of the molecule is O=C1Nc2ccc(-c3csc(-c4ccncc4)n3)cc2C1=Cc1cc2c([nH]1)CCCC2. The van der Waals surface area contributed by atoms with Crippen LogP contribution in [0.4, 0.5) is 5.69 Å². The summed E-state index contributed by atoms with van der Waals surface area (Å²) in [5, 5.41) is 6.01. The monoisotopic (exact) mass is 424 g/mol. The fourth-order valence-corrected chi connectivity index (χ4v) is 5.22. The number of anilines is 1. The topological polar surface area (TPSA) is 70.7 Å². The van der Waals surface area contributed by atoms with E-state index in [0.29, 0.717) is 5.57 Å². The van der Waals surface area contributed by atoms with Crippen LogP contribution in [0.2, 0.25) is 0 Å². The van der Waals surface area contributed by atoms with Crippen LogP contribution >= 0.6 is 11.3 Å². The molecule has 4 heterocycles. The summed E-state index contributed by atoms with van der Waals surface area (Å²) >= 11 is 1.61. The van der Waals surface area contributed by atoms with Crippen molar-refractivity contribution in [3.8, 4) is 21.8 Å². The minimum atomic E-state index is -0.0597. The Balaban J connectivity index is 1.37. The molecule has 0 fully saturated rings. The summed E-state index contributed by atoms with van der Waals surface area (Å²) in [6, 6.07) is 12.2. The molecule has 0 saturated heterocycles. The van der Waals surface area contributed by atoms with Crippen LogP contribution in [-0.2, 0) is 17.6 Å². The third-order valence-corrected chi connectivity index (χ3v) is 6.86. The molecule has 5 nitrogen and oxygen atoms in total. The van der Waals surface area contributed by atoms with Crippen LogP contribution in [0.1, 0.15) is 35.4 Å². The maximum atomic E-state index is 12.7. The van der Waals surface area contributed by atoms with Gasteiger partial charge in [0.2, 0.25) is 0 Å². The molecule has 0 spiro atoms. The number of hydrogen-bond acceptors (Lipinski definition) is 4. The number of carbonyl (C=O) groups excluding carboxylic acids is 1. The highest BCUT2D eigenvalue weighted by Crippen LogP contribution is 2.37. The van der Waals surface area contributed by atoms with Gasteiger partial charge >= 0.3 is 0 Å². The lowest BCUT2D eigenvalue weighted by atomic mass is 9.98.